The molecule has 1 aromatic rings. The van der Waals surface area contributed by atoms with Gasteiger partial charge >= 0.3 is 0 Å². The van der Waals surface area contributed by atoms with Gasteiger partial charge in [-0.1, -0.05) is 6.92 Å². The number of hydrogen-bond donors (Lipinski definition) is 1. The normalized spacial score (nSPS) is 17.0. The van der Waals surface area contributed by atoms with Crippen molar-refractivity contribution < 1.29 is 9.15 Å². The minimum Gasteiger partial charge on any atom is -0.465 e. The lowest BCUT2D eigenvalue weighted by molar-refractivity contribution is 0.0542. The molecule has 0 spiro atoms. The van der Waals surface area contributed by atoms with Gasteiger partial charge in [0.05, 0.1) is 6.54 Å². The van der Waals surface area contributed by atoms with Crippen molar-refractivity contribution in [2.75, 3.05) is 33.4 Å². The number of aryl methyl sites for hydroxylation is 1. The molecule has 20 heavy (non-hydrogen) atoms. The van der Waals surface area contributed by atoms with Crippen LogP contribution in [0.5, 0.6) is 0 Å². The minimum atomic E-state index is 0.769. The van der Waals surface area contributed by atoms with Crippen LogP contribution in [-0.4, -0.2) is 38.3 Å². The Morgan fingerprint density at radius 3 is 2.80 bits per heavy atom. The van der Waals surface area contributed by atoms with E-state index in [1.54, 1.807) is 0 Å². The van der Waals surface area contributed by atoms with Crippen LogP contribution in [0.4, 0.5) is 0 Å². The first-order chi connectivity index (χ1) is 9.69. The van der Waals surface area contributed by atoms with Crippen molar-refractivity contribution in [2.45, 2.75) is 39.8 Å². The summed E-state index contributed by atoms with van der Waals surface area (Å²) < 4.78 is 11.3. The zero-order valence-electron chi connectivity index (χ0n) is 13.1. The molecule has 1 N–H and O–H groups in total. The van der Waals surface area contributed by atoms with Crippen LogP contribution in [0.25, 0.3) is 0 Å². The number of nitrogens with one attached hydrogen (secondary N) is 1. The number of hydrogen-bond acceptors (Lipinski definition) is 4. The SMILES string of the molecule is CCNCc1cc(CN(C)CC2CCOCC2)oc1C. The zero-order valence-corrected chi connectivity index (χ0v) is 13.1. The van der Waals surface area contributed by atoms with Crippen molar-refractivity contribution in [3.8, 4) is 0 Å². The molecular weight excluding hydrogens is 252 g/mol. The van der Waals surface area contributed by atoms with E-state index in [0.717, 1.165) is 56.8 Å². The Balaban J connectivity index is 1.82. The topological polar surface area (TPSA) is 37.6 Å². The molecule has 1 aliphatic rings. The van der Waals surface area contributed by atoms with Gasteiger partial charge in [-0.05, 0) is 45.3 Å². The van der Waals surface area contributed by atoms with E-state index in [1.807, 2.05) is 0 Å². The van der Waals surface area contributed by atoms with E-state index in [2.05, 4.69) is 37.2 Å². The molecule has 0 atom stereocenters. The smallest absolute Gasteiger partial charge is 0.118 e. The predicted octanol–water partition coefficient (Wildman–Crippen LogP) is 2.56. The van der Waals surface area contributed by atoms with Crippen LogP contribution >= 0.6 is 0 Å². The first-order valence-electron chi connectivity index (χ1n) is 7.74. The fourth-order valence-electron chi connectivity index (χ4n) is 2.80. The summed E-state index contributed by atoms with van der Waals surface area (Å²) in [4.78, 5) is 2.37. The molecule has 2 heterocycles. The third-order valence-electron chi connectivity index (χ3n) is 3.97. The molecule has 1 aromatic heterocycles. The second kappa shape index (κ2) is 7.81. The maximum Gasteiger partial charge on any atom is 0.118 e. The van der Waals surface area contributed by atoms with Crippen LogP contribution in [-0.2, 0) is 17.8 Å². The maximum absolute atomic E-state index is 5.87. The lowest BCUT2D eigenvalue weighted by Gasteiger charge is -2.26. The first kappa shape index (κ1) is 15.5. The molecule has 4 heteroatoms. The summed E-state index contributed by atoms with van der Waals surface area (Å²) in [5, 5.41) is 3.35. The second-order valence-corrected chi connectivity index (χ2v) is 5.83. The van der Waals surface area contributed by atoms with Gasteiger partial charge in [0, 0.05) is 31.9 Å². The van der Waals surface area contributed by atoms with Crippen LogP contribution in [0.1, 0.15) is 36.8 Å². The highest BCUT2D eigenvalue weighted by Gasteiger charge is 2.17. The number of nitrogens with zero attached hydrogens (tertiary/aromatic N) is 1. The lowest BCUT2D eigenvalue weighted by atomic mass is 10.00. The van der Waals surface area contributed by atoms with E-state index in [-0.39, 0.29) is 0 Å². The van der Waals surface area contributed by atoms with Crippen LogP contribution in [0, 0.1) is 12.8 Å². The highest BCUT2D eigenvalue weighted by molar-refractivity contribution is 5.20. The van der Waals surface area contributed by atoms with Gasteiger partial charge in [0.25, 0.3) is 0 Å². The molecule has 2 rings (SSSR count). The van der Waals surface area contributed by atoms with E-state index in [0.29, 0.717) is 0 Å². The number of ether oxygens (including phenoxy) is 1. The Kier molecular flexibility index (Phi) is 6.07. The van der Waals surface area contributed by atoms with Gasteiger partial charge in [0.2, 0.25) is 0 Å². The van der Waals surface area contributed by atoms with Gasteiger partial charge in [-0.25, -0.2) is 0 Å². The third-order valence-corrected chi connectivity index (χ3v) is 3.97. The second-order valence-electron chi connectivity index (χ2n) is 5.83. The Bertz CT molecular complexity index is 397. The molecule has 0 bridgehead atoms. The molecule has 1 saturated heterocycles. The largest absolute Gasteiger partial charge is 0.465 e. The van der Waals surface area contributed by atoms with Crippen LogP contribution < -0.4 is 5.32 Å². The van der Waals surface area contributed by atoms with Crippen molar-refractivity contribution in [3.05, 3.63) is 23.2 Å². The summed E-state index contributed by atoms with van der Waals surface area (Å²) in [5.74, 6) is 2.89. The molecule has 0 amide bonds. The standard InChI is InChI=1S/C16H28N2O2/c1-4-17-10-15-9-16(20-13(15)2)12-18(3)11-14-5-7-19-8-6-14/h9,14,17H,4-8,10-12H2,1-3H3. The van der Waals surface area contributed by atoms with Crippen molar-refractivity contribution in [1.82, 2.24) is 10.2 Å². The van der Waals surface area contributed by atoms with Gasteiger partial charge < -0.3 is 14.5 Å². The lowest BCUT2D eigenvalue weighted by Crippen LogP contribution is -2.29. The maximum atomic E-state index is 5.87. The number of rotatable bonds is 7. The molecule has 114 valence electrons. The van der Waals surface area contributed by atoms with Crippen molar-refractivity contribution >= 4 is 0 Å². The van der Waals surface area contributed by atoms with Gasteiger partial charge in [0.1, 0.15) is 11.5 Å². The molecule has 1 fully saturated rings. The van der Waals surface area contributed by atoms with E-state index >= 15 is 0 Å². The summed E-state index contributed by atoms with van der Waals surface area (Å²) in [5.41, 5.74) is 1.28. The van der Waals surface area contributed by atoms with E-state index < -0.39 is 0 Å². The van der Waals surface area contributed by atoms with Gasteiger partial charge in [-0.15, -0.1) is 0 Å². The Morgan fingerprint density at radius 1 is 1.35 bits per heavy atom. The average molecular weight is 280 g/mol. The summed E-state index contributed by atoms with van der Waals surface area (Å²) in [6, 6.07) is 2.19. The molecule has 0 aromatic carbocycles. The summed E-state index contributed by atoms with van der Waals surface area (Å²) in [6.45, 7) is 9.93. The Hall–Kier alpha value is -0.840. The summed E-state index contributed by atoms with van der Waals surface area (Å²) in [7, 11) is 2.18. The molecular formula is C16H28N2O2. The van der Waals surface area contributed by atoms with Gasteiger partial charge in [-0.2, -0.15) is 0 Å². The Labute approximate surface area is 122 Å². The molecule has 0 unspecified atom stereocenters. The summed E-state index contributed by atoms with van der Waals surface area (Å²) >= 11 is 0. The van der Waals surface area contributed by atoms with Crippen LogP contribution in [0.3, 0.4) is 0 Å². The molecule has 0 radical (unpaired) electrons. The van der Waals surface area contributed by atoms with Gasteiger partial charge in [-0.3, -0.25) is 4.90 Å². The van der Waals surface area contributed by atoms with Crippen molar-refractivity contribution in [2.24, 2.45) is 5.92 Å². The molecule has 0 aliphatic carbocycles. The highest BCUT2D eigenvalue weighted by Crippen LogP contribution is 2.19. The van der Waals surface area contributed by atoms with Crippen LogP contribution in [0.2, 0.25) is 0 Å². The third kappa shape index (κ3) is 4.62. The van der Waals surface area contributed by atoms with Gasteiger partial charge in [0.15, 0.2) is 0 Å². The minimum absolute atomic E-state index is 0.769. The van der Waals surface area contributed by atoms with E-state index in [1.165, 1.54) is 18.4 Å². The Morgan fingerprint density at radius 2 is 2.10 bits per heavy atom. The first-order valence-corrected chi connectivity index (χ1v) is 7.74. The summed E-state index contributed by atoms with van der Waals surface area (Å²) in [6.07, 6.45) is 2.38. The van der Waals surface area contributed by atoms with Crippen molar-refractivity contribution in [3.63, 3.8) is 0 Å². The van der Waals surface area contributed by atoms with Crippen molar-refractivity contribution in [1.29, 1.82) is 0 Å². The monoisotopic (exact) mass is 280 g/mol. The fourth-order valence-corrected chi connectivity index (χ4v) is 2.80. The van der Waals surface area contributed by atoms with E-state index in [4.69, 9.17) is 9.15 Å². The predicted molar refractivity (Wildman–Crippen MR) is 80.7 cm³/mol. The fraction of sp³-hybridized carbons (Fsp3) is 0.750. The quantitative estimate of drug-likeness (QED) is 0.833. The molecule has 1 aliphatic heterocycles. The zero-order chi connectivity index (χ0) is 14.4. The van der Waals surface area contributed by atoms with Crippen LogP contribution in [0.15, 0.2) is 10.5 Å². The average Bonchev–Trinajstić information content (AvgIpc) is 2.77. The highest BCUT2D eigenvalue weighted by atomic mass is 16.5. The molecule has 0 saturated carbocycles. The number of furan rings is 1. The molecule has 4 nitrogen and oxygen atoms in total. The van der Waals surface area contributed by atoms with E-state index in [9.17, 15) is 0 Å².